The van der Waals surface area contributed by atoms with E-state index >= 15 is 0 Å². The van der Waals surface area contributed by atoms with Crippen molar-refractivity contribution < 1.29 is 23.4 Å². The summed E-state index contributed by atoms with van der Waals surface area (Å²) >= 11 is 5.79. The fourth-order valence-electron chi connectivity index (χ4n) is 2.38. The molecule has 1 aliphatic heterocycles. The molecular weight excluding hydrogens is 318 g/mol. The molecule has 6 nitrogen and oxygen atoms in total. The highest BCUT2D eigenvalue weighted by atomic mass is 35.5. The van der Waals surface area contributed by atoms with Gasteiger partial charge in [-0.2, -0.15) is 4.31 Å². The molecule has 116 valence electrons. The third-order valence-corrected chi connectivity index (χ3v) is 5.57. The van der Waals surface area contributed by atoms with Crippen LogP contribution in [0.5, 0.6) is 0 Å². The first-order valence-corrected chi connectivity index (χ1v) is 8.27. The molecule has 1 heterocycles. The van der Waals surface area contributed by atoms with Gasteiger partial charge in [0.25, 0.3) is 0 Å². The van der Waals surface area contributed by atoms with Crippen LogP contribution in [0.4, 0.5) is 0 Å². The Balaban J connectivity index is 2.22. The van der Waals surface area contributed by atoms with Crippen molar-refractivity contribution >= 4 is 27.6 Å². The standard InChI is InChI=1S/C13H16ClNO5S/c1-2-5-13(18)7-15(8-13)21(19,20)9-3-4-10(12(16)17)11(14)6-9/h3-4,6,18H,2,5,7-8H2,1H3,(H,16,17). The van der Waals surface area contributed by atoms with Gasteiger partial charge in [-0.1, -0.05) is 24.9 Å². The first-order valence-electron chi connectivity index (χ1n) is 6.45. The number of sulfonamides is 1. The lowest BCUT2D eigenvalue weighted by Crippen LogP contribution is -2.63. The van der Waals surface area contributed by atoms with Gasteiger partial charge in [-0.3, -0.25) is 0 Å². The third-order valence-electron chi connectivity index (χ3n) is 3.47. The Morgan fingerprint density at radius 2 is 2.05 bits per heavy atom. The van der Waals surface area contributed by atoms with Gasteiger partial charge in [-0.25, -0.2) is 13.2 Å². The Bertz CT molecular complexity index is 667. The summed E-state index contributed by atoms with van der Waals surface area (Å²) < 4.78 is 25.9. The number of aliphatic hydroxyl groups is 1. The summed E-state index contributed by atoms with van der Waals surface area (Å²) in [7, 11) is -3.76. The molecule has 2 N–H and O–H groups in total. The van der Waals surface area contributed by atoms with Crippen molar-refractivity contribution in [3.63, 3.8) is 0 Å². The number of aromatic carboxylic acids is 1. The lowest BCUT2D eigenvalue weighted by atomic mass is 9.92. The van der Waals surface area contributed by atoms with Crippen molar-refractivity contribution in [1.29, 1.82) is 0 Å². The number of benzene rings is 1. The molecule has 0 aliphatic carbocycles. The van der Waals surface area contributed by atoms with E-state index in [-0.39, 0.29) is 28.6 Å². The number of nitrogens with zero attached hydrogens (tertiary/aromatic N) is 1. The lowest BCUT2D eigenvalue weighted by molar-refractivity contribution is -0.0653. The minimum atomic E-state index is -3.76. The Morgan fingerprint density at radius 1 is 1.43 bits per heavy atom. The van der Waals surface area contributed by atoms with Crippen molar-refractivity contribution in [2.45, 2.75) is 30.3 Å². The van der Waals surface area contributed by atoms with Crippen LogP contribution in [0.1, 0.15) is 30.1 Å². The van der Waals surface area contributed by atoms with E-state index in [1.807, 2.05) is 6.92 Å². The van der Waals surface area contributed by atoms with Crippen LogP contribution in [0.15, 0.2) is 23.1 Å². The summed E-state index contributed by atoms with van der Waals surface area (Å²) in [6.45, 7) is 2.00. The molecule has 0 spiro atoms. The maximum absolute atomic E-state index is 12.3. The van der Waals surface area contributed by atoms with Gasteiger partial charge in [-0.05, 0) is 24.6 Å². The minimum absolute atomic E-state index is 0.0431. The van der Waals surface area contributed by atoms with Gasteiger partial charge in [0.15, 0.2) is 0 Å². The molecule has 1 fully saturated rings. The fraction of sp³-hybridized carbons (Fsp3) is 0.462. The van der Waals surface area contributed by atoms with E-state index in [1.165, 1.54) is 6.07 Å². The van der Waals surface area contributed by atoms with E-state index in [0.717, 1.165) is 22.9 Å². The molecule has 0 saturated carbocycles. The Labute approximate surface area is 128 Å². The summed E-state index contributed by atoms with van der Waals surface area (Å²) in [5.74, 6) is -1.22. The molecule has 0 aromatic heterocycles. The molecule has 0 radical (unpaired) electrons. The third kappa shape index (κ3) is 3.06. The van der Waals surface area contributed by atoms with E-state index in [1.54, 1.807) is 0 Å². The van der Waals surface area contributed by atoms with E-state index in [4.69, 9.17) is 16.7 Å². The quantitative estimate of drug-likeness (QED) is 0.853. The van der Waals surface area contributed by atoms with Crippen LogP contribution in [0, 0.1) is 0 Å². The van der Waals surface area contributed by atoms with Gasteiger partial charge in [-0.15, -0.1) is 0 Å². The zero-order valence-electron chi connectivity index (χ0n) is 11.4. The summed E-state index contributed by atoms with van der Waals surface area (Å²) in [5, 5.41) is 18.8. The number of carboxylic acid groups (broad SMARTS) is 1. The Kier molecular flexibility index (Phi) is 4.30. The molecule has 1 aromatic carbocycles. The van der Waals surface area contributed by atoms with Crippen LogP contribution in [0.25, 0.3) is 0 Å². The molecule has 1 aliphatic rings. The molecule has 8 heteroatoms. The molecule has 2 rings (SSSR count). The number of halogens is 1. The zero-order valence-corrected chi connectivity index (χ0v) is 13.0. The van der Waals surface area contributed by atoms with E-state index in [2.05, 4.69) is 0 Å². The van der Waals surface area contributed by atoms with Crippen molar-refractivity contribution in [1.82, 2.24) is 4.31 Å². The normalized spacial score (nSPS) is 18.2. The number of carboxylic acids is 1. The second-order valence-electron chi connectivity index (χ2n) is 5.19. The van der Waals surface area contributed by atoms with E-state index in [9.17, 15) is 18.3 Å². The van der Waals surface area contributed by atoms with Crippen LogP contribution in [-0.4, -0.2) is 47.6 Å². The summed E-state index contributed by atoms with van der Waals surface area (Å²) in [4.78, 5) is 10.8. The molecule has 1 saturated heterocycles. The average Bonchev–Trinajstić information content (AvgIpc) is 2.35. The molecular formula is C13H16ClNO5S. The lowest BCUT2D eigenvalue weighted by Gasteiger charge is -2.45. The Hall–Kier alpha value is -1.15. The SMILES string of the molecule is CCCC1(O)CN(S(=O)(=O)c2ccc(C(=O)O)c(Cl)c2)C1. The van der Waals surface area contributed by atoms with Gasteiger partial charge < -0.3 is 10.2 Å². The average molecular weight is 334 g/mol. The van der Waals surface area contributed by atoms with Gasteiger partial charge in [0.1, 0.15) is 0 Å². The highest BCUT2D eigenvalue weighted by Crippen LogP contribution is 2.32. The molecule has 21 heavy (non-hydrogen) atoms. The number of hydrogen-bond donors (Lipinski definition) is 2. The van der Waals surface area contributed by atoms with Crippen molar-refractivity contribution in [2.75, 3.05) is 13.1 Å². The maximum atomic E-state index is 12.3. The van der Waals surface area contributed by atoms with Gasteiger partial charge in [0, 0.05) is 13.1 Å². The van der Waals surface area contributed by atoms with Crippen LogP contribution in [0.2, 0.25) is 5.02 Å². The van der Waals surface area contributed by atoms with Crippen LogP contribution < -0.4 is 0 Å². The fourth-order valence-corrected chi connectivity index (χ4v) is 4.33. The summed E-state index contributed by atoms with van der Waals surface area (Å²) in [6.07, 6.45) is 1.31. The maximum Gasteiger partial charge on any atom is 0.337 e. The number of β-amino-alcohol motifs (C(OH)–C–C–N with tert-alkyl or cyclic N) is 1. The van der Waals surface area contributed by atoms with Gasteiger partial charge >= 0.3 is 5.97 Å². The first kappa shape index (κ1) is 16.2. The highest BCUT2D eigenvalue weighted by Gasteiger charge is 2.46. The monoisotopic (exact) mass is 333 g/mol. The Morgan fingerprint density at radius 3 is 2.52 bits per heavy atom. The first-order chi connectivity index (χ1) is 9.69. The van der Waals surface area contributed by atoms with Crippen LogP contribution in [0.3, 0.4) is 0 Å². The van der Waals surface area contributed by atoms with Crippen molar-refractivity contribution in [3.05, 3.63) is 28.8 Å². The van der Waals surface area contributed by atoms with Crippen molar-refractivity contribution in [2.24, 2.45) is 0 Å². The predicted molar refractivity (Wildman–Crippen MR) is 77.0 cm³/mol. The number of rotatable bonds is 5. The summed E-state index contributed by atoms with van der Waals surface area (Å²) in [6, 6.07) is 3.50. The minimum Gasteiger partial charge on any atom is -0.478 e. The summed E-state index contributed by atoms with van der Waals surface area (Å²) in [5.41, 5.74) is -1.12. The predicted octanol–water partition coefficient (Wildman–Crippen LogP) is 1.57. The van der Waals surface area contributed by atoms with Crippen LogP contribution >= 0.6 is 11.6 Å². The molecule has 0 bridgehead atoms. The highest BCUT2D eigenvalue weighted by molar-refractivity contribution is 7.89. The second kappa shape index (κ2) is 5.57. The smallest absolute Gasteiger partial charge is 0.337 e. The van der Waals surface area contributed by atoms with E-state index < -0.39 is 21.6 Å². The molecule has 1 aromatic rings. The topological polar surface area (TPSA) is 94.9 Å². The number of carbonyl (C=O) groups is 1. The largest absolute Gasteiger partial charge is 0.478 e. The molecule has 0 atom stereocenters. The molecule has 0 unspecified atom stereocenters. The van der Waals surface area contributed by atoms with Gasteiger partial charge in [0.2, 0.25) is 10.0 Å². The van der Waals surface area contributed by atoms with Gasteiger partial charge in [0.05, 0.1) is 21.1 Å². The second-order valence-corrected chi connectivity index (χ2v) is 7.54. The number of hydrogen-bond acceptors (Lipinski definition) is 4. The van der Waals surface area contributed by atoms with Crippen LogP contribution in [-0.2, 0) is 10.0 Å². The molecule has 0 amide bonds. The van der Waals surface area contributed by atoms with Crippen molar-refractivity contribution in [3.8, 4) is 0 Å². The zero-order chi connectivity index (χ0) is 15.8. The van der Waals surface area contributed by atoms with E-state index in [0.29, 0.717) is 6.42 Å².